The number of pyridine rings is 1. The van der Waals surface area contributed by atoms with E-state index in [0.29, 0.717) is 21.8 Å². The van der Waals surface area contributed by atoms with E-state index in [9.17, 15) is 17.6 Å². The fourth-order valence-corrected chi connectivity index (χ4v) is 2.77. The Balaban J connectivity index is 2.25. The van der Waals surface area contributed by atoms with Gasteiger partial charge >= 0.3 is 6.18 Å². The van der Waals surface area contributed by atoms with Crippen LogP contribution in [0.2, 0.25) is 0 Å². The molecule has 4 rings (SSSR count). The molecule has 0 saturated carbocycles. The number of alkyl halides is 3. The summed E-state index contributed by atoms with van der Waals surface area (Å²) in [5.74, 6) is -0.433. The highest BCUT2D eigenvalue weighted by molar-refractivity contribution is 6.12. The Morgan fingerprint density at radius 1 is 0.818 bits per heavy atom. The molecule has 0 aliphatic heterocycles. The van der Waals surface area contributed by atoms with E-state index in [-0.39, 0.29) is 0 Å². The van der Waals surface area contributed by atoms with Crippen LogP contribution in [0, 0.1) is 5.82 Å². The standard InChI is InChI=1S/C16H8F4N2/c17-10-2-4-11-13(8-10)12-3-1-9(16(18,19)20)7-15(12)22-14(11)5-6-21-22/h1-8H. The number of hydrogen-bond donors (Lipinski definition) is 0. The minimum atomic E-state index is -4.44. The summed E-state index contributed by atoms with van der Waals surface area (Å²) in [7, 11) is 0. The molecule has 2 aromatic heterocycles. The molecule has 0 bridgehead atoms. The van der Waals surface area contributed by atoms with Crippen LogP contribution in [0.4, 0.5) is 17.6 Å². The number of halogens is 4. The summed E-state index contributed by atoms with van der Waals surface area (Å²) in [4.78, 5) is 0. The first kappa shape index (κ1) is 13.1. The number of aromatic nitrogens is 2. The van der Waals surface area contributed by atoms with Crippen molar-refractivity contribution in [2.24, 2.45) is 0 Å². The molecule has 0 atom stereocenters. The maximum Gasteiger partial charge on any atom is 0.416 e. The summed E-state index contributed by atoms with van der Waals surface area (Å²) in [6, 6.07) is 9.37. The van der Waals surface area contributed by atoms with Gasteiger partial charge in [-0.25, -0.2) is 8.91 Å². The lowest BCUT2D eigenvalue weighted by molar-refractivity contribution is -0.137. The number of hydrogen-bond acceptors (Lipinski definition) is 1. The summed E-state index contributed by atoms with van der Waals surface area (Å²) >= 11 is 0. The largest absolute Gasteiger partial charge is 0.416 e. The van der Waals surface area contributed by atoms with E-state index < -0.39 is 17.6 Å². The molecular formula is C16H8F4N2. The fourth-order valence-electron chi connectivity index (χ4n) is 2.77. The number of nitrogens with zero attached hydrogens (tertiary/aromatic N) is 2. The van der Waals surface area contributed by atoms with E-state index in [1.54, 1.807) is 12.1 Å². The summed E-state index contributed by atoms with van der Waals surface area (Å²) in [5, 5.41) is 5.93. The number of rotatable bonds is 0. The van der Waals surface area contributed by atoms with Crippen LogP contribution in [0.5, 0.6) is 0 Å². The Morgan fingerprint density at radius 3 is 2.32 bits per heavy atom. The topological polar surface area (TPSA) is 17.3 Å². The smallest absolute Gasteiger partial charge is 0.232 e. The van der Waals surface area contributed by atoms with Crippen molar-refractivity contribution in [3.8, 4) is 0 Å². The molecule has 0 spiro atoms. The third-order valence-corrected chi connectivity index (χ3v) is 3.74. The van der Waals surface area contributed by atoms with Gasteiger partial charge in [-0.15, -0.1) is 0 Å². The van der Waals surface area contributed by atoms with Gasteiger partial charge in [0.05, 0.1) is 22.8 Å². The quantitative estimate of drug-likeness (QED) is 0.337. The van der Waals surface area contributed by atoms with Gasteiger partial charge < -0.3 is 0 Å². The van der Waals surface area contributed by atoms with Crippen molar-refractivity contribution in [3.05, 3.63) is 60.0 Å². The van der Waals surface area contributed by atoms with Crippen LogP contribution in [-0.4, -0.2) is 9.61 Å². The van der Waals surface area contributed by atoms with Crippen molar-refractivity contribution in [2.45, 2.75) is 6.18 Å². The summed E-state index contributed by atoms with van der Waals surface area (Å²) < 4.78 is 53.8. The van der Waals surface area contributed by atoms with Crippen LogP contribution >= 0.6 is 0 Å². The van der Waals surface area contributed by atoms with Crippen molar-refractivity contribution in [2.75, 3.05) is 0 Å². The fraction of sp³-hybridized carbons (Fsp3) is 0.0625. The number of fused-ring (bicyclic) bond motifs is 6. The van der Waals surface area contributed by atoms with Crippen LogP contribution in [0.15, 0.2) is 48.7 Å². The van der Waals surface area contributed by atoms with Gasteiger partial charge in [-0.3, -0.25) is 0 Å². The minimum Gasteiger partial charge on any atom is -0.232 e. The van der Waals surface area contributed by atoms with Crippen LogP contribution in [0.25, 0.3) is 27.2 Å². The van der Waals surface area contributed by atoms with E-state index in [2.05, 4.69) is 5.10 Å². The average Bonchev–Trinajstić information content (AvgIpc) is 2.95. The van der Waals surface area contributed by atoms with Crippen molar-refractivity contribution in [1.82, 2.24) is 9.61 Å². The van der Waals surface area contributed by atoms with Crippen LogP contribution in [-0.2, 0) is 6.18 Å². The molecule has 110 valence electrons. The van der Waals surface area contributed by atoms with Gasteiger partial charge in [-0.1, -0.05) is 6.07 Å². The van der Waals surface area contributed by atoms with Crippen LogP contribution in [0.1, 0.15) is 5.56 Å². The van der Waals surface area contributed by atoms with Gasteiger partial charge in [0.25, 0.3) is 0 Å². The normalized spacial score (nSPS) is 12.5. The maximum atomic E-state index is 13.6. The molecule has 2 heterocycles. The molecule has 0 unspecified atom stereocenters. The predicted molar refractivity (Wildman–Crippen MR) is 75.2 cm³/mol. The monoisotopic (exact) mass is 304 g/mol. The van der Waals surface area contributed by atoms with Crippen molar-refractivity contribution >= 4 is 27.2 Å². The zero-order chi connectivity index (χ0) is 15.5. The zero-order valence-electron chi connectivity index (χ0n) is 11.0. The van der Waals surface area contributed by atoms with Crippen molar-refractivity contribution < 1.29 is 17.6 Å². The third kappa shape index (κ3) is 1.76. The second kappa shape index (κ2) is 4.19. The molecular weight excluding hydrogens is 296 g/mol. The van der Waals surface area contributed by atoms with Gasteiger partial charge in [-0.2, -0.15) is 18.3 Å². The summed E-state index contributed by atoms with van der Waals surface area (Å²) in [6.45, 7) is 0. The van der Waals surface area contributed by atoms with Gasteiger partial charge in [0.2, 0.25) is 0 Å². The first-order valence-electron chi connectivity index (χ1n) is 6.51. The molecule has 0 N–H and O–H groups in total. The SMILES string of the molecule is Fc1ccc2c(c1)c1ccc(C(F)(F)F)cc1n1nccc21. The Bertz CT molecular complexity index is 1030. The molecule has 4 aromatic rings. The third-order valence-electron chi connectivity index (χ3n) is 3.74. The zero-order valence-corrected chi connectivity index (χ0v) is 11.0. The average molecular weight is 304 g/mol. The van der Waals surface area contributed by atoms with E-state index >= 15 is 0 Å². The van der Waals surface area contributed by atoms with Crippen molar-refractivity contribution in [3.63, 3.8) is 0 Å². The molecule has 0 amide bonds. The summed E-state index contributed by atoms with van der Waals surface area (Å²) in [5.41, 5.74) is 0.183. The summed E-state index contributed by atoms with van der Waals surface area (Å²) in [6.07, 6.45) is -2.93. The minimum absolute atomic E-state index is 0.299. The first-order chi connectivity index (χ1) is 10.4. The van der Waals surface area contributed by atoms with Gasteiger partial charge in [-0.05, 0) is 41.8 Å². The number of benzene rings is 2. The van der Waals surface area contributed by atoms with Crippen LogP contribution in [0.3, 0.4) is 0 Å². The molecule has 0 fully saturated rings. The lowest BCUT2D eigenvalue weighted by Crippen LogP contribution is -2.05. The van der Waals surface area contributed by atoms with Gasteiger partial charge in [0.15, 0.2) is 0 Å². The first-order valence-corrected chi connectivity index (χ1v) is 6.51. The van der Waals surface area contributed by atoms with Crippen molar-refractivity contribution in [1.29, 1.82) is 0 Å². The molecule has 0 saturated heterocycles. The Hall–Kier alpha value is -2.63. The van der Waals surface area contributed by atoms with Gasteiger partial charge in [0, 0.05) is 10.8 Å². The molecule has 0 aliphatic rings. The lowest BCUT2D eigenvalue weighted by atomic mass is 10.0. The maximum absolute atomic E-state index is 13.6. The second-order valence-corrected chi connectivity index (χ2v) is 5.05. The molecule has 2 aromatic carbocycles. The van der Waals surface area contributed by atoms with E-state index in [4.69, 9.17) is 0 Å². The van der Waals surface area contributed by atoms with E-state index in [0.717, 1.165) is 17.5 Å². The van der Waals surface area contributed by atoms with Crippen LogP contribution < -0.4 is 0 Å². The molecule has 0 radical (unpaired) electrons. The molecule has 0 aliphatic carbocycles. The molecule has 6 heteroatoms. The Morgan fingerprint density at radius 2 is 1.55 bits per heavy atom. The molecule has 2 nitrogen and oxygen atoms in total. The van der Waals surface area contributed by atoms with Gasteiger partial charge in [0.1, 0.15) is 5.82 Å². The van der Waals surface area contributed by atoms with E-state index in [1.165, 1.54) is 28.9 Å². The Labute approximate surface area is 121 Å². The highest BCUT2D eigenvalue weighted by Gasteiger charge is 2.31. The second-order valence-electron chi connectivity index (χ2n) is 5.05. The predicted octanol–water partition coefficient (Wildman–Crippen LogP) is 4.80. The Kier molecular flexibility index (Phi) is 2.49. The highest BCUT2D eigenvalue weighted by Crippen LogP contribution is 2.35. The lowest BCUT2D eigenvalue weighted by Gasteiger charge is -2.11. The highest BCUT2D eigenvalue weighted by atomic mass is 19.4. The van der Waals surface area contributed by atoms with E-state index in [1.807, 2.05) is 0 Å². The molecule has 22 heavy (non-hydrogen) atoms.